The highest BCUT2D eigenvalue weighted by Gasteiger charge is 2.27. The summed E-state index contributed by atoms with van der Waals surface area (Å²) in [4.78, 5) is 11.3. The molecule has 4 rings (SSSR count). The predicted molar refractivity (Wildman–Crippen MR) is 111 cm³/mol. The number of hydrogen-bond donors (Lipinski definition) is 2. The van der Waals surface area contributed by atoms with E-state index in [1.54, 1.807) is 7.11 Å². The molecular formula is C20H26N8O. The van der Waals surface area contributed by atoms with E-state index >= 15 is 0 Å². The molecule has 3 heterocycles. The molecule has 1 aliphatic heterocycles. The quantitative estimate of drug-likeness (QED) is 0.506. The number of nitrogens with zero attached hydrogens (tertiary/aromatic N) is 6. The van der Waals surface area contributed by atoms with Gasteiger partial charge in [0.1, 0.15) is 11.6 Å². The van der Waals surface area contributed by atoms with E-state index in [0.29, 0.717) is 18.3 Å². The maximum Gasteiger partial charge on any atom is 0.194 e. The zero-order valence-electron chi connectivity index (χ0n) is 17.0. The second-order valence-electron chi connectivity index (χ2n) is 7.11. The molecule has 2 N–H and O–H groups in total. The molecule has 1 fully saturated rings. The Morgan fingerprint density at radius 3 is 2.86 bits per heavy atom. The number of likely N-dealkylation sites (tertiary alicyclic amines) is 1. The highest BCUT2D eigenvalue weighted by atomic mass is 16.5. The molecule has 3 aromatic rings. The minimum atomic E-state index is 0.481. The number of H-pyrrole nitrogens is 1. The van der Waals surface area contributed by atoms with Crippen molar-refractivity contribution in [1.82, 2.24) is 35.2 Å². The van der Waals surface area contributed by atoms with Gasteiger partial charge in [-0.1, -0.05) is 0 Å². The second kappa shape index (κ2) is 8.34. The smallest absolute Gasteiger partial charge is 0.194 e. The van der Waals surface area contributed by atoms with Crippen LogP contribution in [0.3, 0.4) is 0 Å². The van der Waals surface area contributed by atoms with Crippen molar-refractivity contribution < 1.29 is 4.74 Å². The Morgan fingerprint density at radius 2 is 2.17 bits per heavy atom. The summed E-state index contributed by atoms with van der Waals surface area (Å²) in [6.07, 6.45) is 5.15. The van der Waals surface area contributed by atoms with Crippen LogP contribution in [0.4, 0.5) is 0 Å². The molecule has 0 amide bonds. The number of ether oxygens (including phenoxy) is 1. The Bertz CT molecular complexity index is 975. The molecule has 0 radical (unpaired) electrons. The van der Waals surface area contributed by atoms with Gasteiger partial charge in [0.25, 0.3) is 0 Å². The average Bonchev–Trinajstić information content (AvgIpc) is 3.49. The minimum Gasteiger partial charge on any atom is -0.497 e. The molecule has 0 spiro atoms. The van der Waals surface area contributed by atoms with E-state index in [4.69, 9.17) is 4.74 Å². The molecule has 9 heteroatoms. The van der Waals surface area contributed by atoms with E-state index in [1.165, 1.54) is 5.56 Å². The summed E-state index contributed by atoms with van der Waals surface area (Å²) in [5.41, 5.74) is 2.22. The van der Waals surface area contributed by atoms with Crippen LogP contribution in [0.2, 0.25) is 0 Å². The number of aliphatic imine (C=N–C) groups is 1. The van der Waals surface area contributed by atoms with Crippen molar-refractivity contribution in [3.8, 4) is 17.1 Å². The largest absolute Gasteiger partial charge is 0.497 e. The van der Waals surface area contributed by atoms with Crippen molar-refractivity contribution in [3.05, 3.63) is 48.0 Å². The Morgan fingerprint density at radius 1 is 1.34 bits per heavy atom. The van der Waals surface area contributed by atoms with Crippen molar-refractivity contribution in [2.24, 2.45) is 12.0 Å². The topological polar surface area (TPSA) is 96.2 Å². The van der Waals surface area contributed by atoms with Gasteiger partial charge in [-0.3, -0.25) is 14.8 Å². The first-order chi connectivity index (χ1) is 14.2. The van der Waals surface area contributed by atoms with E-state index in [9.17, 15) is 0 Å². The fraction of sp³-hybridized carbons (Fsp3) is 0.400. The molecule has 0 aliphatic carbocycles. The molecular weight excluding hydrogens is 368 g/mol. The maximum absolute atomic E-state index is 5.19. The van der Waals surface area contributed by atoms with E-state index in [0.717, 1.165) is 42.6 Å². The molecule has 0 saturated carbocycles. The third-order valence-electron chi connectivity index (χ3n) is 5.19. The lowest BCUT2D eigenvalue weighted by Gasteiger charge is -2.21. The highest BCUT2D eigenvalue weighted by Crippen LogP contribution is 2.26. The predicted octanol–water partition coefficient (Wildman–Crippen LogP) is 1.78. The van der Waals surface area contributed by atoms with Crippen LogP contribution >= 0.6 is 0 Å². The molecule has 1 unspecified atom stereocenters. The van der Waals surface area contributed by atoms with E-state index < -0.39 is 0 Å². The molecule has 29 heavy (non-hydrogen) atoms. The molecule has 1 aliphatic rings. The Kier molecular flexibility index (Phi) is 5.46. The molecule has 1 saturated heterocycles. The van der Waals surface area contributed by atoms with Crippen LogP contribution in [0, 0.1) is 0 Å². The number of nitrogens with one attached hydrogen (secondary N) is 2. The minimum absolute atomic E-state index is 0.481. The first kappa shape index (κ1) is 19.0. The van der Waals surface area contributed by atoms with Gasteiger partial charge in [0, 0.05) is 44.9 Å². The number of aromatic amines is 1. The fourth-order valence-electron chi connectivity index (χ4n) is 3.61. The summed E-state index contributed by atoms with van der Waals surface area (Å²) in [5.74, 6) is 3.59. The molecule has 152 valence electrons. The number of benzene rings is 1. The second-order valence-corrected chi connectivity index (χ2v) is 7.11. The average molecular weight is 394 g/mol. The monoisotopic (exact) mass is 394 g/mol. The zero-order valence-corrected chi connectivity index (χ0v) is 17.0. The number of aromatic nitrogens is 5. The van der Waals surface area contributed by atoms with Gasteiger partial charge >= 0.3 is 0 Å². The van der Waals surface area contributed by atoms with E-state index in [2.05, 4.69) is 41.7 Å². The zero-order chi connectivity index (χ0) is 20.2. The summed E-state index contributed by atoms with van der Waals surface area (Å²) < 4.78 is 7.05. The molecule has 2 aromatic heterocycles. The number of guanidine groups is 1. The standard InChI is InChI=1S/C20H26N8O/c1-21-20(28-9-8-15(13-28)16-10-23-27(2)12-16)22-11-18-24-19(26-25-18)14-4-6-17(29-3)7-5-14/h4-7,10,12,15H,8-9,11,13H2,1-3H3,(H,21,22)(H,24,25,26). The van der Waals surface area contributed by atoms with Gasteiger partial charge in [0.2, 0.25) is 0 Å². The van der Waals surface area contributed by atoms with Crippen LogP contribution in [0.1, 0.15) is 23.7 Å². The van der Waals surface area contributed by atoms with Gasteiger partial charge < -0.3 is 15.0 Å². The van der Waals surface area contributed by atoms with Gasteiger partial charge in [-0.15, -0.1) is 0 Å². The number of methoxy groups -OCH3 is 1. The van der Waals surface area contributed by atoms with E-state index in [1.807, 2.05) is 49.2 Å². The Balaban J connectivity index is 1.35. The van der Waals surface area contributed by atoms with Crippen LogP contribution in [0.25, 0.3) is 11.4 Å². The SMILES string of the molecule is CN=C(NCc1nc(-c2ccc(OC)cc2)n[nH]1)N1CCC(c2cnn(C)c2)C1. The first-order valence-corrected chi connectivity index (χ1v) is 9.66. The van der Waals surface area contributed by atoms with Gasteiger partial charge in [-0.2, -0.15) is 10.2 Å². The lowest BCUT2D eigenvalue weighted by molar-refractivity contribution is 0.415. The van der Waals surface area contributed by atoms with Crippen LogP contribution < -0.4 is 10.1 Å². The van der Waals surface area contributed by atoms with Crippen molar-refractivity contribution in [2.75, 3.05) is 27.2 Å². The summed E-state index contributed by atoms with van der Waals surface area (Å²) in [6.45, 7) is 2.43. The van der Waals surface area contributed by atoms with Crippen molar-refractivity contribution in [3.63, 3.8) is 0 Å². The normalized spacial score (nSPS) is 17.0. The van der Waals surface area contributed by atoms with Crippen LogP contribution in [0.5, 0.6) is 5.75 Å². The van der Waals surface area contributed by atoms with Gasteiger partial charge in [0.15, 0.2) is 11.8 Å². The van der Waals surface area contributed by atoms with Crippen LogP contribution in [-0.4, -0.2) is 63.1 Å². The maximum atomic E-state index is 5.19. The lowest BCUT2D eigenvalue weighted by atomic mass is 10.0. The van der Waals surface area contributed by atoms with Crippen LogP contribution in [0.15, 0.2) is 41.7 Å². The van der Waals surface area contributed by atoms with Crippen LogP contribution in [-0.2, 0) is 13.6 Å². The van der Waals surface area contributed by atoms with Crippen molar-refractivity contribution >= 4 is 5.96 Å². The number of hydrogen-bond acceptors (Lipinski definition) is 5. The lowest BCUT2D eigenvalue weighted by Crippen LogP contribution is -2.39. The Labute approximate surface area is 169 Å². The summed E-state index contributed by atoms with van der Waals surface area (Å²) in [7, 11) is 5.41. The van der Waals surface area contributed by atoms with E-state index in [-0.39, 0.29) is 0 Å². The molecule has 0 bridgehead atoms. The summed E-state index contributed by atoms with van der Waals surface area (Å²) in [6, 6.07) is 7.69. The van der Waals surface area contributed by atoms with Gasteiger partial charge in [-0.25, -0.2) is 4.98 Å². The molecule has 1 atom stereocenters. The summed E-state index contributed by atoms with van der Waals surface area (Å²) >= 11 is 0. The van der Waals surface area contributed by atoms with Crippen molar-refractivity contribution in [1.29, 1.82) is 0 Å². The van der Waals surface area contributed by atoms with Crippen molar-refractivity contribution in [2.45, 2.75) is 18.9 Å². The molecule has 9 nitrogen and oxygen atoms in total. The number of aryl methyl sites for hydroxylation is 1. The highest BCUT2D eigenvalue weighted by molar-refractivity contribution is 5.80. The van der Waals surface area contributed by atoms with Gasteiger partial charge in [-0.05, 0) is 36.2 Å². The fourth-order valence-corrected chi connectivity index (χ4v) is 3.61. The third-order valence-corrected chi connectivity index (χ3v) is 5.19. The summed E-state index contributed by atoms with van der Waals surface area (Å²) in [5, 5.41) is 15.0. The Hall–Kier alpha value is -3.36. The first-order valence-electron chi connectivity index (χ1n) is 9.66. The number of rotatable bonds is 5. The molecule has 1 aromatic carbocycles. The third kappa shape index (κ3) is 4.23. The van der Waals surface area contributed by atoms with Gasteiger partial charge in [0.05, 0.1) is 19.9 Å².